The van der Waals surface area contributed by atoms with E-state index in [9.17, 15) is 9.18 Å². The number of anilines is 2. The molecule has 7 heteroatoms. The lowest BCUT2D eigenvalue weighted by Crippen LogP contribution is -2.35. The molecule has 0 saturated heterocycles. The first-order valence-corrected chi connectivity index (χ1v) is 6.93. The van der Waals surface area contributed by atoms with Crippen molar-refractivity contribution in [2.75, 3.05) is 10.6 Å². The Morgan fingerprint density at radius 1 is 1.09 bits per heavy atom. The topological polar surface area (TPSA) is 71.0 Å². The van der Waals surface area contributed by atoms with Gasteiger partial charge in [-0.2, -0.15) is 0 Å². The van der Waals surface area contributed by atoms with E-state index in [2.05, 4.69) is 15.9 Å². The van der Waals surface area contributed by atoms with Gasteiger partial charge in [0, 0.05) is 11.3 Å². The normalized spacial score (nSPS) is 10.3. The summed E-state index contributed by atoms with van der Waals surface area (Å²) in [5, 5.41) is 9.01. The molecule has 116 valence electrons. The molecule has 0 aliphatic heterocycles. The van der Waals surface area contributed by atoms with Gasteiger partial charge in [0.05, 0.1) is 0 Å². The van der Waals surface area contributed by atoms with Crippen molar-refractivity contribution in [3.8, 4) is 0 Å². The van der Waals surface area contributed by atoms with Crippen molar-refractivity contribution < 1.29 is 18.4 Å². The van der Waals surface area contributed by atoms with E-state index in [0.717, 1.165) is 5.56 Å². The van der Waals surface area contributed by atoms with Crippen LogP contribution >= 0.6 is 0 Å². The lowest BCUT2D eigenvalue weighted by atomic mass is 10.2. The van der Waals surface area contributed by atoms with Crippen molar-refractivity contribution in [3.05, 3.63) is 72.2 Å². The van der Waals surface area contributed by atoms with E-state index in [1.54, 1.807) is 30.5 Å². The molecule has 2 aromatic carbocycles. The van der Waals surface area contributed by atoms with E-state index in [1.165, 1.54) is 16.8 Å². The summed E-state index contributed by atoms with van der Waals surface area (Å²) in [4.78, 5) is 11.8. The molecule has 0 aliphatic carbocycles. The van der Waals surface area contributed by atoms with Crippen LogP contribution in [0.1, 0.15) is 5.56 Å². The summed E-state index contributed by atoms with van der Waals surface area (Å²) in [6, 6.07) is 14.7. The van der Waals surface area contributed by atoms with Crippen LogP contribution in [0.15, 0.2) is 65.3 Å². The summed E-state index contributed by atoms with van der Waals surface area (Å²) < 4.78 is 19.4. The zero-order valence-electron chi connectivity index (χ0n) is 12.1. The van der Waals surface area contributed by atoms with Crippen molar-refractivity contribution in [1.82, 2.24) is 5.27 Å². The van der Waals surface area contributed by atoms with E-state index in [1.807, 2.05) is 18.2 Å². The van der Waals surface area contributed by atoms with Gasteiger partial charge in [0.15, 0.2) is 0 Å². The Hall–Kier alpha value is -3.22. The first kappa shape index (κ1) is 14.7. The zero-order chi connectivity index (χ0) is 16.1. The molecule has 0 fully saturated rings. The van der Waals surface area contributed by atoms with Gasteiger partial charge in [-0.1, -0.05) is 18.2 Å². The standard InChI is InChI=1S/C16H13FN4O2/c17-13-8-6-12(7-9-13)10-21-11-15(23-20-21)19-16(22)18-14-4-2-1-3-5-14/h1-9,11H,10H2,(H-,18,19,20,22)/p+1. The zero-order valence-corrected chi connectivity index (χ0v) is 12.1. The number of para-hydroxylation sites is 1. The van der Waals surface area contributed by atoms with Crippen molar-refractivity contribution in [3.63, 3.8) is 0 Å². The van der Waals surface area contributed by atoms with Crippen LogP contribution in [0.2, 0.25) is 0 Å². The summed E-state index contributed by atoms with van der Waals surface area (Å²) in [5.41, 5.74) is 1.54. The highest BCUT2D eigenvalue weighted by atomic mass is 19.1. The lowest BCUT2D eigenvalue weighted by Gasteiger charge is -2.02. The molecular formula is C16H14FN4O2+. The minimum absolute atomic E-state index is 0.209. The van der Waals surface area contributed by atoms with Crippen molar-refractivity contribution in [1.29, 1.82) is 0 Å². The van der Waals surface area contributed by atoms with Crippen LogP contribution in [0.5, 0.6) is 0 Å². The van der Waals surface area contributed by atoms with Crippen LogP contribution < -0.4 is 15.3 Å². The lowest BCUT2D eigenvalue weighted by molar-refractivity contribution is -0.754. The molecule has 0 saturated carbocycles. The van der Waals surface area contributed by atoms with Gasteiger partial charge in [0.2, 0.25) is 11.8 Å². The van der Waals surface area contributed by atoms with E-state index >= 15 is 0 Å². The fraction of sp³-hybridized carbons (Fsp3) is 0.0625. The molecule has 3 aromatic rings. The predicted molar refractivity (Wildman–Crippen MR) is 81.3 cm³/mol. The van der Waals surface area contributed by atoms with Crippen LogP contribution in [0.3, 0.4) is 0 Å². The Bertz CT molecular complexity index is 787. The van der Waals surface area contributed by atoms with Gasteiger partial charge in [0.25, 0.3) is 6.20 Å². The third kappa shape index (κ3) is 4.13. The monoisotopic (exact) mass is 313 g/mol. The molecule has 1 aromatic heterocycles. The second kappa shape index (κ2) is 6.69. The molecule has 0 radical (unpaired) electrons. The molecule has 6 nitrogen and oxygen atoms in total. The quantitative estimate of drug-likeness (QED) is 0.728. The SMILES string of the molecule is O=C(Nc1ccccc1)Nc1c[n+](Cc2ccc(F)cc2)no1. The number of amides is 2. The van der Waals surface area contributed by atoms with Gasteiger partial charge >= 0.3 is 11.9 Å². The Kier molecular flexibility index (Phi) is 4.28. The Morgan fingerprint density at radius 3 is 2.57 bits per heavy atom. The van der Waals surface area contributed by atoms with Gasteiger partial charge in [-0.05, 0) is 41.1 Å². The average Bonchev–Trinajstić information content (AvgIpc) is 2.97. The summed E-state index contributed by atoms with van der Waals surface area (Å²) in [6.07, 6.45) is 1.55. The third-order valence-electron chi connectivity index (χ3n) is 3.04. The Balaban J connectivity index is 1.58. The maximum absolute atomic E-state index is 12.9. The number of carbonyl (C=O) groups excluding carboxylic acids is 1. The molecule has 2 N–H and O–H groups in total. The van der Waals surface area contributed by atoms with Gasteiger partial charge in [-0.15, -0.1) is 0 Å². The number of nitrogens with zero attached hydrogens (tertiary/aromatic N) is 2. The number of aromatic nitrogens is 2. The minimum Gasteiger partial charge on any atom is -0.308 e. The molecule has 1 heterocycles. The number of halogens is 1. The molecule has 2 amide bonds. The number of rotatable bonds is 4. The van der Waals surface area contributed by atoms with E-state index in [4.69, 9.17) is 4.52 Å². The maximum Gasteiger partial charge on any atom is 0.326 e. The first-order valence-electron chi connectivity index (χ1n) is 6.93. The fourth-order valence-electron chi connectivity index (χ4n) is 1.98. The average molecular weight is 313 g/mol. The Morgan fingerprint density at radius 2 is 1.83 bits per heavy atom. The van der Waals surface area contributed by atoms with Crippen LogP contribution in [0.25, 0.3) is 0 Å². The fourth-order valence-corrected chi connectivity index (χ4v) is 1.98. The second-order valence-electron chi connectivity index (χ2n) is 4.84. The number of nitrogens with one attached hydrogen (secondary N) is 2. The molecule has 0 atom stereocenters. The summed E-state index contributed by atoms with van der Waals surface area (Å²) in [7, 11) is 0. The molecular weight excluding hydrogens is 299 g/mol. The van der Waals surface area contributed by atoms with E-state index in [0.29, 0.717) is 12.2 Å². The molecule has 0 aliphatic rings. The van der Waals surface area contributed by atoms with Crippen molar-refractivity contribution in [2.45, 2.75) is 6.54 Å². The first-order chi connectivity index (χ1) is 11.2. The molecule has 0 bridgehead atoms. The number of benzene rings is 2. The van der Waals surface area contributed by atoms with Gasteiger partial charge < -0.3 is 5.32 Å². The highest BCUT2D eigenvalue weighted by molar-refractivity contribution is 5.98. The molecule has 3 rings (SSSR count). The van der Waals surface area contributed by atoms with Gasteiger partial charge in [0.1, 0.15) is 5.82 Å². The summed E-state index contributed by atoms with van der Waals surface area (Å²) in [5.74, 6) is -0.0839. The maximum atomic E-state index is 12.9. The molecule has 23 heavy (non-hydrogen) atoms. The number of hydrogen-bond acceptors (Lipinski definition) is 3. The van der Waals surface area contributed by atoms with Crippen molar-refractivity contribution >= 4 is 17.6 Å². The van der Waals surface area contributed by atoms with E-state index < -0.39 is 6.03 Å². The minimum atomic E-state index is -0.429. The van der Waals surface area contributed by atoms with Crippen LogP contribution in [-0.4, -0.2) is 11.3 Å². The number of carbonyl (C=O) groups is 1. The molecule has 0 unspecified atom stereocenters. The summed E-state index contributed by atoms with van der Waals surface area (Å²) in [6.45, 7) is 0.408. The third-order valence-corrected chi connectivity index (χ3v) is 3.04. The van der Waals surface area contributed by atoms with Crippen LogP contribution in [0.4, 0.5) is 20.8 Å². The predicted octanol–water partition coefficient (Wildman–Crippen LogP) is 2.79. The largest absolute Gasteiger partial charge is 0.326 e. The number of hydrogen-bond donors (Lipinski definition) is 2. The van der Waals surface area contributed by atoms with Crippen LogP contribution in [-0.2, 0) is 6.54 Å². The summed E-state index contributed by atoms with van der Waals surface area (Å²) >= 11 is 0. The van der Waals surface area contributed by atoms with Crippen molar-refractivity contribution in [2.24, 2.45) is 0 Å². The van der Waals surface area contributed by atoms with Gasteiger partial charge in [-0.25, -0.2) is 9.18 Å². The van der Waals surface area contributed by atoms with E-state index in [-0.39, 0.29) is 11.7 Å². The molecule has 0 spiro atoms. The van der Waals surface area contributed by atoms with Crippen LogP contribution in [0, 0.1) is 5.82 Å². The smallest absolute Gasteiger partial charge is 0.308 e. The second-order valence-corrected chi connectivity index (χ2v) is 4.84. The Labute approximate surface area is 131 Å². The van der Waals surface area contributed by atoms with Gasteiger partial charge in [-0.3, -0.25) is 9.84 Å². The highest BCUT2D eigenvalue weighted by Gasteiger charge is 2.14. The number of urea groups is 1. The highest BCUT2D eigenvalue weighted by Crippen LogP contribution is 2.07.